The predicted octanol–water partition coefficient (Wildman–Crippen LogP) is 2.78. The molecule has 0 aliphatic carbocycles. The summed E-state index contributed by atoms with van der Waals surface area (Å²) in [5, 5.41) is 3.29. The van der Waals surface area contributed by atoms with Gasteiger partial charge in [0.15, 0.2) is 11.5 Å². The van der Waals surface area contributed by atoms with Gasteiger partial charge in [-0.25, -0.2) is 4.79 Å². The highest BCUT2D eigenvalue weighted by Crippen LogP contribution is 2.13. The lowest BCUT2D eigenvalue weighted by molar-refractivity contribution is 0.0905. The topological polar surface area (TPSA) is 89.5 Å². The third-order valence-corrected chi connectivity index (χ3v) is 3.55. The average Bonchev–Trinajstić information content (AvgIpc) is 3.08. The van der Waals surface area contributed by atoms with E-state index in [9.17, 15) is 14.4 Å². The highest BCUT2D eigenvalue weighted by molar-refractivity contribution is 5.98. The molecule has 0 saturated heterocycles. The summed E-state index contributed by atoms with van der Waals surface area (Å²) in [7, 11) is 0. The molecule has 1 unspecified atom stereocenters. The monoisotopic (exact) mass is 325 g/mol. The Morgan fingerprint density at radius 3 is 2.71 bits per heavy atom. The number of Topliss-reactive ketones (excluding diaryl/α,β-unsaturated/α-hetero) is 1. The Kier molecular flexibility index (Phi) is 4.29. The standard InChI is InChI=1S/C18H15NO5/c1-11(9-14(20)16-7-4-8-23-16)19-17(21)13-10-12-5-2-3-6-15(12)24-18(13)22/h2-8,10-11H,9H2,1H3,(H,19,21). The molecule has 0 bridgehead atoms. The normalized spacial score (nSPS) is 12.0. The van der Waals surface area contributed by atoms with Crippen LogP contribution in [0.25, 0.3) is 11.0 Å². The number of amides is 1. The van der Waals surface area contributed by atoms with Crippen molar-refractivity contribution in [1.82, 2.24) is 5.32 Å². The minimum absolute atomic E-state index is 0.0676. The number of fused-ring (bicyclic) bond motifs is 1. The van der Waals surface area contributed by atoms with Crippen LogP contribution in [-0.2, 0) is 0 Å². The Hall–Kier alpha value is -3.15. The molecule has 6 heteroatoms. The summed E-state index contributed by atoms with van der Waals surface area (Å²) in [4.78, 5) is 36.2. The van der Waals surface area contributed by atoms with E-state index in [1.165, 1.54) is 12.3 Å². The fraction of sp³-hybridized carbons (Fsp3) is 0.167. The number of benzene rings is 1. The largest absolute Gasteiger partial charge is 0.461 e. The van der Waals surface area contributed by atoms with E-state index in [2.05, 4.69) is 5.32 Å². The highest BCUT2D eigenvalue weighted by atomic mass is 16.4. The summed E-state index contributed by atoms with van der Waals surface area (Å²) in [5.41, 5.74) is -0.387. The summed E-state index contributed by atoms with van der Waals surface area (Å²) in [6.45, 7) is 1.68. The maximum absolute atomic E-state index is 12.3. The van der Waals surface area contributed by atoms with E-state index in [1.54, 1.807) is 43.3 Å². The first kappa shape index (κ1) is 15.7. The lowest BCUT2D eigenvalue weighted by Crippen LogP contribution is -2.36. The number of ketones is 1. The molecular weight excluding hydrogens is 310 g/mol. The van der Waals surface area contributed by atoms with Gasteiger partial charge < -0.3 is 14.2 Å². The van der Waals surface area contributed by atoms with Gasteiger partial charge in [-0.3, -0.25) is 9.59 Å². The first-order chi connectivity index (χ1) is 11.5. The van der Waals surface area contributed by atoms with Crippen LogP contribution in [0.5, 0.6) is 0 Å². The molecule has 3 aromatic rings. The Morgan fingerprint density at radius 2 is 1.96 bits per heavy atom. The zero-order valence-electron chi connectivity index (χ0n) is 12.9. The van der Waals surface area contributed by atoms with Crippen molar-refractivity contribution in [2.45, 2.75) is 19.4 Å². The van der Waals surface area contributed by atoms with Crippen molar-refractivity contribution in [3.05, 3.63) is 70.5 Å². The van der Waals surface area contributed by atoms with E-state index in [0.29, 0.717) is 11.0 Å². The summed E-state index contributed by atoms with van der Waals surface area (Å²) < 4.78 is 10.2. The van der Waals surface area contributed by atoms with Gasteiger partial charge in [-0.15, -0.1) is 0 Å². The Bertz CT molecular complexity index is 939. The van der Waals surface area contributed by atoms with E-state index in [0.717, 1.165) is 0 Å². The Morgan fingerprint density at radius 1 is 1.17 bits per heavy atom. The molecular formula is C18H15NO5. The minimum Gasteiger partial charge on any atom is -0.461 e. The fourth-order valence-corrected chi connectivity index (χ4v) is 2.39. The molecule has 1 atom stereocenters. The second kappa shape index (κ2) is 6.54. The molecule has 122 valence electrons. The van der Waals surface area contributed by atoms with E-state index < -0.39 is 17.6 Å². The number of rotatable bonds is 5. The molecule has 0 spiro atoms. The Balaban J connectivity index is 1.73. The Labute approximate surface area is 137 Å². The van der Waals surface area contributed by atoms with Crippen molar-refractivity contribution in [3.8, 4) is 0 Å². The lowest BCUT2D eigenvalue weighted by Gasteiger charge is -2.12. The van der Waals surface area contributed by atoms with E-state index in [4.69, 9.17) is 8.83 Å². The number of hydrogen-bond donors (Lipinski definition) is 1. The van der Waals surface area contributed by atoms with Gasteiger partial charge in [-0.1, -0.05) is 18.2 Å². The molecule has 1 amide bonds. The number of para-hydroxylation sites is 1. The second-order valence-corrected chi connectivity index (χ2v) is 5.46. The van der Waals surface area contributed by atoms with Crippen LogP contribution < -0.4 is 10.9 Å². The maximum atomic E-state index is 12.3. The zero-order chi connectivity index (χ0) is 17.1. The van der Waals surface area contributed by atoms with Crippen molar-refractivity contribution in [3.63, 3.8) is 0 Å². The highest BCUT2D eigenvalue weighted by Gasteiger charge is 2.19. The van der Waals surface area contributed by atoms with Gasteiger partial charge in [-0.2, -0.15) is 0 Å². The summed E-state index contributed by atoms with van der Waals surface area (Å²) in [6, 6.07) is 11.1. The van der Waals surface area contributed by atoms with Crippen LogP contribution in [0.15, 0.2) is 62.4 Å². The van der Waals surface area contributed by atoms with Gasteiger partial charge in [0.2, 0.25) is 0 Å². The number of carbonyl (C=O) groups is 2. The van der Waals surface area contributed by atoms with Gasteiger partial charge in [0.05, 0.1) is 6.26 Å². The van der Waals surface area contributed by atoms with Crippen LogP contribution in [0.3, 0.4) is 0 Å². The maximum Gasteiger partial charge on any atom is 0.349 e. The van der Waals surface area contributed by atoms with Crippen molar-refractivity contribution >= 4 is 22.7 Å². The molecule has 0 aliphatic rings. The van der Waals surface area contributed by atoms with E-state index in [1.807, 2.05) is 0 Å². The summed E-state index contributed by atoms with van der Waals surface area (Å²) >= 11 is 0. The van der Waals surface area contributed by atoms with Crippen LogP contribution in [0, 0.1) is 0 Å². The van der Waals surface area contributed by atoms with Gasteiger partial charge in [-0.05, 0) is 31.2 Å². The lowest BCUT2D eigenvalue weighted by atomic mass is 10.1. The van der Waals surface area contributed by atoms with Crippen molar-refractivity contribution < 1.29 is 18.4 Å². The van der Waals surface area contributed by atoms with Crippen LogP contribution in [0.2, 0.25) is 0 Å². The number of carbonyl (C=O) groups excluding carboxylic acids is 2. The first-order valence-corrected chi connectivity index (χ1v) is 7.45. The predicted molar refractivity (Wildman–Crippen MR) is 87.1 cm³/mol. The third-order valence-electron chi connectivity index (χ3n) is 3.55. The zero-order valence-corrected chi connectivity index (χ0v) is 12.9. The number of hydrogen-bond acceptors (Lipinski definition) is 5. The van der Waals surface area contributed by atoms with Crippen molar-refractivity contribution in [2.75, 3.05) is 0 Å². The number of furan rings is 1. The minimum atomic E-state index is -0.712. The van der Waals surface area contributed by atoms with Crippen LogP contribution in [-0.4, -0.2) is 17.7 Å². The first-order valence-electron chi connectivity index (χ1n) is 7.45. The van der Waals surface area contributed by atoms with Crippen molar-refractivity contribution in [1.29, 1.82) is 0 Å². The van der Waals surface area contributed by atoms with Crippen LogP contribution in [0.1, 0.15) is 34.3 Å². The van der Waals surface area contributed by atoms with E-state index >= 15 is 0 Å². The summed E-state index contributed by atoms with van der Waals surface area (Å²) in [6.07, 6.45) is 1.48. The van der Waals surface area contributed by atoms with Gasteiger partial charge in [0.1, 0.15) is 11.1 Å². The smallest absolute Gasteiger partial charge is 0.349 e. The van der Waals surface area contributed by atoms with Gasteiger partial charge in [0, 0.05) is 17.8 Å². The van der Waals surface area contributed by atoms with Crippen molar-refractivity contribution in [2.24, 2.45) is 0 Å². The molecule has 6 nitrogen and oxygen atoms in total. The molecule has 2 heterocycles. The molecule has 0 fully saturated rings. The molecule has 0 saturated carbocycles. The molecule has 1 aromatic carbocycles. The average molecular weight is 325 g/mol. The second-order valence-electron chi connectivity index (χ2n) is 5.46. The molecule has 24 heavy (non-hydrogen) atoms. The fourth-order valence-electron chi connectivity index (χ4n) is 2.39. The number of nitrogens with one attached hydrogen (secondary N) is 1. The van der Waals surface area contributed by atoms with E-state index in [-0.39, 0.29) is 23.5 Å². The van der Waals surface area contributed by atoms with Gasteiger partial charge >= 0.3 is 5.63 Å². The molecule has 3 rings (SSSR count). The molecule has 2 aromatic heterocycles. The molecule has 1 N–H and O–H groups in total. The van der Waals surface area contributed by atoms with Crippen LogP contribution >= 0.6 is 0 Å². The van der Waals surface area contributed by atoms with Crippen LogP contribution in [0.4, 0.5) is 0 Å². The summed E-state index contributed by atoms with van der Waals surface area (Å²) in [5.74, 6) is -0.561. The molecule has 0 radical (unpaired) electrons. The quantitative estimate of drug-likeness (QED) is 0.575. The molecule has 0 aliphatic heterocycles. The SMILES string of the molecule is CC(CC(=O)c1ccco1)NC(=O)c1cc2ccccc2oc1=O. The third kappa shape index (κ3) is 3.27. The van der Waals surface area contributed by atoms with Gasteiger partial charge in [0.25, 0.3) is 5.91 Å².